The third-order valence-corrected chi connectivity index (χ3v) is 4.98. The van der Waals surface area contributed by atoms with Gasteiger partial charge in [-0.2, -0.15) is 13.2 Å². The van der Waals surface area contributed by atoms with Gasteiger partial charge in [-0.3, -0.25) is 0 Å². The monoisotopic (exact) mass is 417 g/mol. The smallest absolute Gasteiger partial charge is 0.408 e. The number of ether oxygens (including phenoxy) is 3. The molecule has 5 nitrogen and oxygen atoms in total. The molecule has 1 fully saturated rings. The second-order valence-electron chi connectivity index (χ2n) is 8.64. The summed E-state index contributed by atoms with van der Waals surface area (Å²) < 4.78 is 55.1. The van der Waals surface area contributed by atoms with Crippen LogP contribution in [0.15, 0.2) is 24.3 Å². The van der Waals surface area contributed by atoms with Crippen LogP contribution in [-0.4, -0.2) is 37.2 Å². The highest BCUT2D eigenvalue weighted by Crippen LogP contribution is 2.34. The molecule has 1 aliphatic heterocycles. The van der Waals surface area contributed by atoms with E-state index in [9.17, 15) is 18.0 Å². The highest BCUT2D eigenvalue weighted by Gasteiger charge is 2.43. The summed E-state index contributed by atoms with van der Waals surface area (Å²) >= 11 is 0. The fraction of sp³-hybridized carbons (Fsp3) is 0.667. The van der Waals surface area contributed by atoms with Gasteiger partial charge in [0.15, 0.2) is 0 Å². The third kappa shape index (κ3) is 6.09. The summed E-state index contributed by atoms with van der Waals surface area (Å²) in [5, 5.41) is 2.87. The molecule has 29 heavy (non-hydrogen) atoms. The summed E-state index contributed by atoms with van der Waals surface area (Å²) in [4.78, 5) is 12.3. The van der Waals surface area contributed by atoms with Gasteiger partial charge in [0, 0.05) is 0 Å². The van der Waals surface area contributed by atoms with Gasteiger partial charge in [-0.15, -0.1) is 0 Å². The predicted molar refractivity (Wildman–Crippen MR) is 102 cm³/mol. The Morgan fingerprint density at radius 1 is 1.17 bits per heavy atom. The second-order valence-corrected chi connectivity index (χ2v) is 8.64. The molecular formula is C21H30F3NO4. The first-order valence-electron chi connectivity index (χ1n) is 9.65. The number of benzene rings is 1. The lowest BCUT2D eigenvalue weighted by Gasteiger charge is -2.42. The van der Waals surface area contributed by atoms with E-state index in [-0.39, 0.29) is 13.2 Å². The molecule has 1 heterocycles. The van der Waals surface area contributed by atoms with E-state index in [1.54, 1.807) is 39.8 Å². The van der Waals surface area contributed by atoms with Gasteiger partial charge in [0.05, 0.1) is 31.3 Å². The minimum Gasteiger partial charge on any atom is -0.444 e. The summed E-state index contributed by atoms with van der Waals surface area (Å²) in [6, 6.07) is 7.26. The van der Waals surface area contributed by atoms with E-state index in [4.69, 9.17) is 14.2 Å². The molecule has 1 saturated heterocycles. The molecule has 0 aromatic heterocycles. The Balaban J connectivity index is 2.14. The molecule has 1 aromatic rings. The molecule has 1 aromatic carbocycles. The molecular weight excluding hydrogens is 387 g/mol. The fourth-order valence-corrected chi connectivity index (χ4v) is 2.99. The van der Waals surface area contributed by atoms with Gasteiger partial charge in [0.1, 0.15) is 11.1 Å². The average Bonchev–Trinajstić information content (AvgIpc) is 2.55. The first kappa shape index (κ1) is 23.5. The molecule has 0 bridgehead atoms. The molecule has 0 aliphatic carbocycles. The van der Waals surface area contributed by atoms with Gasteiger partial charge in [-0.05, 0) is 45.7 Å². The Morgan fingerprint density at radius 2 is 1.79 bits per heavy atom. The molecule has 8 heteroatoms. The Hall–Kier alpha value is -1.80. The Kier molecular flexibility index (Phi) is 6.89. The highest BCUT2D eigenvalue weighted by molar-refractivity contribution is 5.69. The van der Waals surface area contributed by atoms with Gasteiger partial charge in [0.25, 0.3) is 0 Å². The Bertz CT molecular complexity index is 711. The zero-order chi connectivity index (χ0) is 22.0. The van der Waals surface area contributed by atoms with Crippen LogP contribution in [0.25, 0.3) is 0 Å². The lowest BCUT2D eigenvalue weighted by molar-refractivity contribution is -0.204. The summed E-state index contributed by atoms with van der Waals surface area (Å²) in [5.74, 6) is -1.58. The van der Waals surface area contributed by atoms with Crippen LogP contribution < -0.4 is 5.32 Å². The predicted octanol–water partition coefficient (Wildman–Crippen LogP) is 5.10. The van der Waals surface area contributed by atoms with Gasteiger partial charge in [0.2, 0.25) is 0 Å². The molecule has 1 amide bonds. The number of nitrogens with one attached hydrogen (secondary N) is 1. The number of rotatable bonds is 6. The van der Waals surface area contributed by atoms with Crippen LogP contribution in [0.1, 0.15) is 58.8 Å². The van der Waals surface area contributed by atoms with E-state index in [0.29, 0.717) is 0 Å². The number of carbonyl (C=O) groups excluding carboxylic acids is 1. The standard InChI is InChI=1S/C21H30F3NO4/c1-13(21(22,23)24)14(2)28-15(3)16-8-7-9-17(10-16)20(11-27-12-20)25-18(26)29-19(4,5)6/h7-10,13-15H,11-12H2,1-6H3,(H,25,26)/t13?,14-,15+/m1/s1. The molecule has 0 radical (unpaired) electrons. The maximum absolute atomic E-state index is 12.9. The maximum atomic E-state index is 12.9. The van der Waals surface area contributed by atoms with Crippen LogP contribution >= 0.6 is 0 Å². The molecule has 2 rings (SSSR count). The summed E-state index contributed by atoms with van der Waals surface area (Å²) in [7, 11) is 0. The molecule has 0 spiro atoms. The normalized spacial score (nSPS) is 19.6. The van der Waals surface area contributed by atoms with Crippen molar-refractivity contribution in [1.29, 1.82) is 0 Å². The third-order valence-electron chi connectivity index (χ3n) is 4.98. The molecule has 1 unspecified atom stereocenters. The molecule has 164 valence electrons. The summed E-state index contributed by atoms with van der Waals surface area (Å²) in [6.07, 6.45) is -6.40. The molecule has 3 atom stereocenters. The van der Waals surface area contributed by atoms with Crippen molar-refractivity contribution >= 4 is 6.09 Å². The number of alkyl carbamates (subject to hydrolysis) is 1. The topological polar surface area (TPSA) is 56.8 Å². The number of hydrogen-bond acceptors (Lipinski definition) is 4. The van der Waals surface area contributed by atoms with Crippen molar-refractivity contribution in [2.45, 2.75) is 71.1 Å². The number of hydrogen-bond donors (Lipinski definition) is 1. The van der Waals surface area contributed by atoms with Gasteiger partial charge >= 0.3 is 12.3 Å². The number of alkyl halides is 3. The van der Waals surface area contributed by atoms with E-state index in [2.05, 4.69) is 5.32 Å². The van der Waals surface area contributed by atoms with Gasteiger partial charge in [-0.25, -0.2) is 4.79 Å². The van der Waals surface area contributed by atoms with Crippen molar-refractivity contribution in [3.63, 3.8) is 0 Å². The lowest BCUT2D eigenvalue weighted by atomic mass is 9.86. The summed E-state index contributed by atoms with van der Waals surface area (Å²) in [6.45, 7) is 10.1. The van der Waals surface area contributed by atoms with Crippen LogP contribution in [0.4, 0.5) is 18.0 Å². The van der Waals surface area contributed by atoms with Crippen molar-refractivity contribution in [2.75, 3.05) is 13.2 Å². The van der Waals surface area contributed by atoms with Crippen molar-refractivity contribution < 1.29 is 32.2 Å². The van der Waals surface area contributed by atoms with Crippen molar-refractivity contribution in [2.24, 2.45) is 5.92 Å². The molecule has 1 N–H and O–H groups in total. The van der Waals surface area contributed by atoms with Crippen LogP contribution in [0, 0.1) is 5.92 Å². The second kappa shape index (κ2) is 8.52. The van der Waals surface area contributed by atoms with Crippen LogP contribution in [0.3, 0.4) is 0 Å². The lowest BCUT2D eigenvalue weighted by Crippen LogP contribution is -2.60. The number of carbonyl (C=O) groups is 1. The minimum atomic E-state index is -4.31. The quantitative estimate of drug-likeness (QED) is 0.700. The number of amides is 1. The van der Waals surface area contributed by atoms with Gasteiger partial charge in [-0.1, -0.05) is 31.2 Å². The zero-order valence-electron chi connectivity index (χ0n) is 17.7. The largest absolute Gasteiger partial charge is 0.444 e. The number of halogens is 3. The Morgan fingerprint density at radius 3 is 2.28 bits per heavy atom. The Labute approximate surface area is 169 Å². The highest BCUT2D eigenvalue weighted by atomic mass is 19.4. The van der Waals surface area contributed by atoms with Crippen molar-refractivity contribution in [1.82, 2.24) is 5.32 Å². The van der Waals surface area contributed by atoms with Crippen LogP contribution in [0.5, 0.6) is 0 Å². The van der Waals surface area contributed by atoms with Crippen LogP contribution in [-0.2, 0) is 19.7 Å². The van der Waals surface area contributed by atoms with Crippen molar-refractivity contribution in [3.8, 4) is 0 Å². The van der Waals surface area contributed by atoms with Crippen LogP contribution in [0.2, 0.25) is 0 Å². The fourth-order valence-electron chi connectivity index (χ4n) is 2.99. The van der Waals surface area contributed by atoms with E-state index in [1.807, 2.05) is 12.1 Å². The SMILES string of the molecule is CC([C@@H](C)O[C@@H](C)c1cccc(C2(NC(=O)OC(C)(C)C)COC2)c1)C(F)(F)F. The minimum absolute atomic E-state index is 0.284. The summed E-state index contributed by atoms with van der Waals surface area (Å²) in [5.41, 5.74) is 0.147. The first-order valence-corrected chi connectivity index (χ1v) is 9.65. The molecule has 1 aliphatic rings. The van der Waals surface area contributed by atoms with E-state index in [0.717, 1.165) is 18.1 Å². The van der Waals surface area contributed by atoms with E-state index in [1.165, 1.54) is 6.92 Å². The zero-order valence-corrected chi connectivity index (χ0v) is 17.7. The van der Waals surface area contributed by atoms with E-state index >= 15 is 0 Å². The molecule has 0 saturated carbocycles. The van der Waals surface area contributed by atoms with E-state index < -0.39 is 41.5 Å². The average molecular weight is 417 g/mol. The maximum Gasteiger partial charge on any atom is 0.408 e. The van der Waals surface area contributed by atoms with Gasteiger partial charge < -0.3 is 19.5 Å². The van der Waals surface area contributed by atoms with Crippen molar-refractivity contribution in [3.05, 3.63) is 35.4 Å². The first-order chi connectivity index (χ1) is 13.2.